The van der Waals surface area contributed by atoms with Crippen LogP contribution in [0.1, 0.15) is 35.7 Å². The van der Waals surface area contributed by atoms with Crippen LogP contribution in [0.15, 0.2) is 58.3 Å². The Morgan fingerprint density at radius 1 is 1.15 bits per heavy atom. The molecule has 1 amide bonds. The molecule has 0 unspecified atom stereocenters. The quantitative estimate of drug-likeness (QED) is 0.877. The highest BCUT2D eigenvalue weighted by atomic mass is 32.2. The van der Waals surface area contributed by atoms with Gasteiger partial charge in [-0.25, -0.2) is 0 Å². The average Bonchev–Trinajstić information content (AvgIpc) is 2.72. The molecule has 1 N–H and O–H groups in total. The number of nitrogens with zero attached hydrogens (tertiary/aromatic N) is 2. The zero-order valence-electron chi connectivity index (χ0n) is 15.4. The highest BCUT2D eigenvalue weighted by molar-refractivity contribution is 7.99. The van der Waals surface area contributed by atoms with Crippen LogP contribution in [0.2, 0.25) is 0 Å². The van der Waals surface area contributed by atoms with E-state index in [-0.39, 0.29) is 11.9 Å². The summed E-state index contributed by atoms with van der Waals surface area (Å²) in [4.78, 5) is 17.2. The first kappa shape index (κ1) is 18.1. The molecule has 2 bridgehead atoms. The summed E-state index contributed by atoms with van der Waals surface area (Å²) in [5.74, 6) is 0.612. The van der Waals surface area contributed by atoms with Gasteiger partial charge in [0.15, 0.2) is 0 Å². The lowest BCUT2D eigenvalue weighted by molar-refractivity contribution is 0.0217. The number of nitrogens with one attached hydrogen (secondary N) is 1. The fraction of sp³-hybridized carbons (Fsp3) is 0.364. The van der Waals surface area contributed by atoms with Gasteiger partial charge in [-0.2, -0.15) is 5.26 Å². The number of rotatable bonds is 4. The second-order valence-corrected chi connectivity index (χ2v) is 8.46. The summed E-state index contributed by atoms with van der Waals surface area (Å²) in [6, 6.07) is 18.1. The number of fused-ring (bicyclic) bond motifs is 3. The zero-order chi connectivity index (χ0) is 18.8. The number of nitriles is 1. The lowest BCUT2D eigenvalue weighted by Gasteiger charge is -2.49. The Hall–Kier alpha value is -2.29. The van der Waals surface area contributed by atoms with Crippen LogP contribution in [0.4, 0.5) is 0 Å². The van der Waals surface area contributed by atoms with Crippen molar-refractivity contribution in [2.45, 2.75) is 41.6 Å². The van der Waals surface area contributed by atoms with E-state index in [1.54, 1.807) is 11.8 Å². The number of benzene rings is 2. The number of carbonyl (C=O) groups is 1. The van der Waals surface area contributed by atoms with Gasteiger partial charge in [-0.1, -0.05) is 23.9 Å². The summed E-state index contributed by atoms with van der Waals surface area (Å²) >= 11 is 1.54. The molecule has 0 aromatic heterocycles. The van der Waals surface area contributed by atoms with E-state index in [0.29, 0.717) is 23.1 Å². The molecule has 0 saturated carbocycles. The molecule has 5 rings (SSSR count). The minimum atomic E-state index is 0.00887. The molecule has 3 aliphatic rings. The lowest BCUT2D eigenvalue weighted by Crippen LogP contribution is -2.62. The first-order chi connectivity index (χ1) is 13.2. The molecule has 0 spiro atoms. The fourth-order valence-corrected chi connectivity index (χ4v) is 5.13. The van der Waals surface area contributed by atoms with E-state index in [1.165, 1.54) is 12.8 Å². The predicted octanol–water partition coefficient (Wildman–Crippen LogP) is 3.92. The second kappa shape index (κ2) is 7.75. The largest absolute Gasteiger partial charge is 0.347 e. The van der Waals surface area contributed by atoms with Crippen molar-refractivity contribution in [2.75, 3.05) is 13.1 Å². The second-order valence-electron chi connectivity index (χ2n) is 7.35. The van der Waals surface area contributed by atoms with Crippen molar-refractivity contribution in [1.29, 1.82) is 5.26 Å². The van der Waals surface area contributed by atoms with Gasteiger partial charge in [0, 0.05) is 27.4 Å². The Morgan fingerprint density at radius 2 is 1.85 bits per heavy atom. The Morgan fingerprint density at radius 3 is 2.52 bits per heavy atom. The van der Waals surface area contributed by atoms with Gasteiger partial charge in [-0.15, -0.1) is 0 Å². The third kappa shape index (κ3) is 3.73. The van der Waals surface area contributed by atoms with Crippen LogP contribution in [0, 0.1) is 17.2 Å². The first-order valence-electron chi connectivity index (χ1n) is 9.47. The summed E-state index contributed by atoms with van der Waals surface area (Å²) in [7, 11) is 0. The SMILES string of the molecule is C[C@H]1[C@H](NC(=O)c2ccc(Sc3ccccc3C#N)cc2)C2CCN1CC2. The van der Waals surface area contributed by atoms with E-state index in [1.807, 2.05) is 48.5 Å². The Bertz CT molecular complexity index is 864. The molecule has 3 aliphatic heterocycles. The van der Waals surface area contributed by atoms with Crippen molar-refractivity contribution in [1.82, 2.24) is 10.2 Å². The third-order valence-corrected chi connectivity index (χ3v) is 6.91. The maximum Gasteiger partial charge on any atom is 0.251 e. The molecule has 27 heavy (non-hydrogen) atoms. The van der Waals surface area contributed by atoms with Crippen molar-refractivity contribution in [3.8, 4) is 6.07 Å². The van der Waals surface area contributed by atoms with Gasteiger partial charge in [-0.3, -0.25) is 9.69 Å². The van der Waals surface area contributed by atoms with Gasteiger partial charge in [0.05, 0.1) is 5.56 Å². The van der Waals surface area contributed by atoms with Crippen molar-refractivity contribution >= 4 is 17.7 Å². The summed E-state index contributed by atoms with van der Waals surface area (Å²) in [5.41, 5.74) is 1.36. The van der Waals surface area contributed by atoms with Gasteiger partial charge >= 0.3 is 0 Å². The topological polar surface area (TPSA) is 56.1 Å². The van der Waals surface area contributed by atoms with Crippen molar-refractivity contribution < 1.29 is 4.79 Å². The first-order valence-corrected chi connectivity index (χ1v) is 10.3. The molecule has 0 aliphatic carbocycles. The summed E-state index contributed by atoms with van der Waals surface area (Å²) < 4.78 is 0. The number of hydrogen-bond acceptors (Lipinski definition) is 4. The Labute approximate surface area is 164 Å². The molecule has 2 aromatic rings. The maximum absolute atomic E-state index is 12.7. The van der Waals surface area contributed by atoms with Gasteiger partial charge < -0.3 is 5.32 Å². The van der Waals surface area contributed by atoms with E-state index >= 15 is 0 Å². The minimum Gasteiger partial charge on any atom is -0.347 e. The smallest absolute Gasteiger partial charge is 0.251 e. The normalized spacial score (nSPS) is 26.4. The average molecular weight is 378 g/mol. The van der Waals surface area contributed by atoms with Crippen molar-refractivity contribution in [3.05, 3.63) is 59.7 Å². The Balaban J connectivity index is 1.43. The van der Waals surface area contributed by atoms with E-state index in [0.717, 1.165) is 22.9 Å². The highest BCUT2D eigenvalue weighted by Gasteiger charge is 2.40. The van der Waals surface area contributed by atoms with E-state index in [9.17, 15) is 10.1 Å². The van der Waals surface area contributed by atoms with Crippen LogP contribution in [-0.2, 0) is 0 Å². The molecule has 2 aromatic carbocycles. The van der Waals surface area contributed by atoms with E-state index in [4.69, 9.17) is 0 Å². The number of carbonyl (C=O) groups excluding carboxylic acids is 1. The standard InChI is InChI=1S/C22H23N3OS/c1-15-21(16-10-12-25(15)13-11-16)24-22(26)17-6-8-19(9-7-17)27-20-5-3-2-4-18(20)14-23/h2-9,15-16,21H,10-13H2,1H3,(H,24,26)/t15-,21-/m0/s1. The predicted molar refractivity (Wildman–Crippen MR) is 107 cm³/mol. The molecular formula is C22H23N3OS. The molecule has 138 valence electrons. The summed E-state index contributed by atoms with van der Waals surface area (Å²) in [5, 5.41) is 12.5. The van der Waals surface area contributed by atoms with Gasteiger partial charge in [-0.05, 0) is 75.2 Å². The molecule has 0 radical (unpaired) electrons. The minimum absolute atomic E-state index is 0.00887. The van der Waals surface area contributed by atoms with Gasteiger partial charge in [0.1, 0.15) is 6.07 Å². The highest BCUT2D eigenvalue weighted by Crippen LogP contribution is 2.33. The number of piperidine rings is 3. The lowest BCUT2D eigenvalue weighted by atomic mass is 9.79. The van der Waals surface area contributed by atoms with Crippen molar-refractivity contribution in [3.63, 3.8) is 0 Å². The molecule has 3 heterocycles. The maximum atomic E-state index is 12.7. The van der Waals surface area contributed by atoms with Crippen LogP contribution < -0.4 is 5.32 Å². The summed E-state index contributed by atoms with van der Waals surface area (Å²) in [6.07, 6.45) is 2.37. The third-order valence-electron chi connectivity index (χ3n) is 5.83. The molecular weight excluding hydrogens is 354 g/mol. The van der Waals surface area contributed by atoms with E-state index < -0.39 is 0 Å². The van der Waals surface area contributed by atoms with Crippen LogP contribution in [-0.4, -0.2) is 36.0 Å². The van der Waals surface area contributed by atoms with Gasteiger partial charge in [0.25, 0.3) is 5.91 Å². The molecule has 4 nitrogen and oxygen atoms in total. The van der Waals surface area contributed by atoms with Crippen molar-refractivity contribution in [2.24, 2.45) is 5.92 Å². The Kier molecular flexibility index (Phi) is 5.20. The summed E-state index contributed by atoms with van der Waals surface area (Å²) in [6.45, 7) is 4.55. The van der Waals surface area contributed by atoms with Crippen LogP contribution in [0.3, 0.4) is 0 Å². The van der Waals surface area contributed by atoms with Crippen LogP contribution in [0.5, 0.6) is 0 Å². The van der Waals surface area contributed by atoms with Gasteiger partial charge in [0.2, 0.25) is 0 Å². The fourth-order valence-electron chi connectivity index (χ4n) is 4.23. The van der Waals surface area contributed by atoms with E-state index in [2.05, 4.69) is 23.2 Å². The number of amides is 1. The monoisotopic (exact) mass is 377 g/mol. The number of hydrogen-bond donors (Lipinski definition) is 1. The molecule has 2 atom stereocenters. The zero-order valence-corrected chi connectivity index (χ0v) is 16.2. The molecule has 3 fully saturated rings. The molecule has 3 saturated heterocycles. The van der Waals surface area contributed by atoms with Crippen LogP contribution >= 0.6 is 11.8 Å². The molecule has 5 heteroatoms. The van der Waals surface area contributed by atoms with Crippen LogP contribution in [0.25, 0.3) is 0 Å².